The Kier molecular flexibility index (Phi) is 4.65. The second-order valence-electron chi connectivity index (χ2n) is 5.58. The van der Waals surface area contributed by atoms with Gasteiger partial charge < -0.3 is 10.5 Å². The number of rotatable bonds is 3. The molecule has 2 heteroatoms. The Labute approximate surface area is 111 Å². The highest BCUT2D eigenvalue weighted by atomic mass is 16.5. The van der Waals surface area contributed by atoms with E-state index in [0.29, 0.717) is 12.0 Å². The molecule has 1 aromatic carbocycles. The highest BCUT2D eigenvalue weighted by Gasteiger charge is 2.21. The number of benzene rings is 1. The van der Waals surface area contributed by atoms with Crippen LogP contribution < -0.4 is 10.5 Å². The van der Waals surface area contributed by atoms with Crippen molar-refractivity contribution in [2.45, 2.75) is 51.5 Å². The van der Waals surface area contributed by atoms with Gasteiger partial charge in [0.05, 0.1) is 7.11 Å². The minimum Gasteiger partial charge on any atom is -0.496 e. The molecular weight excluding hydrogens is 222 g/mol. The molecule has 2 atom stereocenters. The first-order valence-electron chi connectivity index (χ1n) is 7.10. The van der Waals surface area contributed by atoms with Crippen LogP contribution in [0.4, 0.5) is 0 Å². The van der Waals surface area contributed by atoms with Crippen LogP contribution in [0.3, 0.4) is 0 Å². The molecule has 0 aromatic heterocycles. The van der Waals surface area contributed by atoms with Gasteiger partial charge in [0.25, 0.3) is 0 Å². The van der Waals surface area contributed by atoms with E-state index in [0.717, 1.165) is 12.2 Å². The van der Waals surface area contributed by atoms with Crippen molar-refractivity contribution in [3.05, 3.63) is 29.3 Å². The Morgan fingerprint density at radius 1 is 1.22 bits per heavy atom. The Morgan fingerprint density at radius 3 is 2.78 bits per heavy atom. The van der Waals surface area contributed by atoms with Crippen molar-refractivity contribution < 1.29 is 4.74 Å². The summed E-state index contributed by atoms with van der Waals surface area (Å²) in [4.78, 5) is 0. The summed E-state index contributed by atoms with van der Waals surface area (Å²) in [6.45, 7) is 2.13. The van der Waals surface area contributed by atoms with Crippen LogP contribution in [0.25, 0.3) is 0 Å². The molecule has 2 rings (SSSR count). The van der Waals surface area contributed by atoms with Gasteiger partial charge in [-0.05, 0) is 43.7 Å². The van der Waals surface area contributed by atoms with Crippen molar-refractivity contribution in [2.24, 2.45) is 11.7 Å². The van der Waals surface area contributed by atoms with E-state index < -0.39 is 0 Å². The maximum atomic E-state index is 6.32. The predicted octanol–water partition coefficient (Wildman–Crippen LogP) is 3.45. The van der Waals surface area contributed by atoms with Crippen LogP contribution in [0, 0.1) is 12.8 Å². The van der Waals surface area contributed by atoms with E-state index >= 15 is 0 Å². The number of hydrogen-bond acceptors (Lipinski definition) is 2. The summed E-state index contributed by atoms with van der Waals surface area (Å²) < 4.78 is 5.47. The zero-order valence-corrected chi connectivity index (χ0v) is 11.6. The molecule has 2 N–H and O–H groups in total. The molecule has 0 bridgehead atoms. The molecule has 0 radical (unpaired) electrons. The van der Waals surface area contributed by atoms with Crippen LogP contribution in [0.5, 0.6) is 5.75 Å². The first kappa shape index (κ1) is 13.4. The van der Waals surface area contributed by atoms with Gasteiger partial charge in [0, 0.05) is 6.04 Å². The first-order valence-corrected chi connectivity index (χ1v) is 7.10. The number of nitrogens with two attached hydrogens (primary N) is 1. The molecule has 100 valence electrons. The van der Waals surface area contributed by atoms with Gasteiger partial charge in [0.1, 0.15) is 5.75 Å². The van der Waals surface area contributed by atoms with Gasteiger partial charge in [0.15, 0.2) is 0 Å². The quantitative estimate of drug-likeness (QED) is 0.830. The van der Waals surface area contributed by atoms with Crippen LogP contribution in [0.1, 0.15) is 43.2 Å². The fourth-order valence-electron chi connectivity index (χ4n) is 3.02. The molecule has 1 saturated carbocycles. The average molecular weight is 247 g/mol. The molecular formula is C16H25NO. The van der Waals surface area contributed by atoms with Crippen LogP contribution in [-0.4, -0.2) is 13.2 Å². The van der Waals surface area contributed by atoms with Crippen molar-refractivity contribution in [1.29, 1.82) is 0 Å². The molecule has 1 fully saturated rings. The first-order chi connectivity index (χ1) is 8.70. The third kappa shape index (κ3) is 3.26. The van der Waals surface area contributed by atoms with Gasteiger partial charge >= 0.3 is 0 Å². The minimum absolute atomic E-state index is 0.359. The molecule has 1 aromatic rings. The van der Waals surface area contributed by atoms with Gasteiger partial charge in [-0.1, -0.05) is 37.0 Å². The molecule has 1 aliphatic rings. The summed E-state index contributed by atoms with van der Waals surface area (Å²) in [7, 11) is 1.75. The SMILES string of the molecule is COc1ccc(C)cc1CC1CCCCCC1N. The predicted molar refractivity (Wildman–Crippen MR) is 76.0 cm³/mol. The summed E-state index contributed by atoms with van der Waals surface area (Å²) in [5.41, 5.74) is 8.93. The minimum atomic E-state index is 0.359. The summed E-state index contributed by atoms with van der Waals surface area (Å²) in [6.07, 6.45) is 7.47. The van der Waals surface area contributed by atoms with E-state index in [1.54, 1.807) is 7.11 Å². The molecule has 1 aliphatic carbocycles. The molecule has 0 amide bonds. The van der Waals surface area contributed by atoms with E-state index in [-0.39, 0.29) is 0 Å². The summed E-state index contributed by atoms with van der Waals surface area (Å²) in [5.74, 6) is 1.63. The van der Waals surface area contributed by atoms with E-state index in [2.05, 4.69) is 25.1 Å². The molecule has 0 spiro atoms. The number of ether oxygens (including phenoxy) is 1. The van der Waals surface area contributed by atoms with Crippen LogP contribution in [0.15, 0.2) is 18.2 Å². The number of methoxy groups -OCH3 is 1. The Hall–Kier alpha value is -1.02. The average Bonchev–Trinajstić information content (AvgIpc) is 2.55. The van der Waals surface area contributed by atoms with Crippen LogP contribution >= 0.6 is 0 Å². The highest BCUT2D eigenvalue weighted by molar-refractivity contribution is 5.37. The topological polar surface area (TPSA) is 35.2 Å². The Morgan fingerprint density at radius 2 is 2.00 bits per heavy atom. The maximum absolute atomic E-state index is 6.32. The number of aryl methyl sites for hydroxylation is 1. The van der Waals surface area contributed by atoms with Crippen molar-refractivity contribution in [3.63, 3.8) is 0 Å². The third-order valence-electron chi connectivity index (χ3n) is 4.14. The van der Waals surface area contributed by atoms with Crippen LogP contribution in [0.2, 0.25) is 0 Å². The second kappa shape index (κ2) is 6.24. The lowest BCUT2D eigenvalue weighted by Gasteiger charge is -2.22. The molecule has 0 aliphatic heterocycles. The van der Waals surface area contributed by atoms with Gasteiger partial charge in [-0.15, -0.1) is 0 Å². The van der Waals surface area contributed by atoms with E-state index in [4.69, 9.17) is 10.5 Å². The lowest BCUT2D eigenvalue weighted by Crippen LogP contribution is -2.30. The monoisotopic (exact) mass is 247 g/mol. The summed E-state index contributed by atoms with van der Waals surface area (Å²) in [6, 6.07) is 6.79. The maximum Gasteiger partial charge on any atom is 0.122 e. The largest absolute Gasteiger partial charge is 0.496 e. The summed E-state index contributed by atoms with van der Waals surface area (Å²) >= 11 is 0. The van der Waals surface area contributed by atoms with E-state index in [1.165, 1.54) is 43.2 Å². The van der Waals surface area contributed by atoms with Gasteiger partial charge in [-0.3, -0.25) is 0 Å². The molecule has 2 nitrogen and oxygen atoms in total. The molecule has 18 heavy (non-hydrogen) atoms. The molecule has 2 unspecified atom stereocenters. The Balaban J connectivity index is 2.13. The number of hydrogen-bond donors (Lipinski definition) is 1. The van der Waals surface area contributed by atoms with Crippen molar-refractivity contribution in [3.8, 4) is 5.75 Å². The van der Waals surface area contributed by atoms with E-state index in [1.807, 2.05) is 0 Å². The van der Waals surface area contributed by atoms with E-state index in [9.17, 15) is 0 Å². The molecule has 0 heterocycles. The van der Waals surface area contributed by atoms with Crippen molar-refractivity contribution in [2.75, 3.05) is 7.11 Å². The Bertz CT molecular complexity index is 389. The van der Waals surface area contributed by atoms with Crippen LogP contribution in [-0.2, 0) is 6.42 Å². The smallest absolute Gasteiger partial charge is 0.122 e. The molecule has 0 saturated heterocycles. The second-order valence-corrected chi connectivity index (χ2v) is 5.58. The standard InChI is InChI=1S/C16H25NO/c1-12-8-9-16(18-2)14(10-12)11-13-6-4-3-5-7-15(13)17/h8-10,13,15H,3-7,11,17H2,1-2H3. The van der Waals surface area contributed by atoms with Gasteiger partial charge in [-0.2, -0.15) is 0 Å². The zero-order valence-electron chi connectivity index (χ0n) is 11.6. The lowest BCUT2D eigenvalue weighted by atomic mass is 9.88. The fraction of sp³-hybridized carbons (Fsp3) is 0.625. The third-order valence-corrected chi connectivity index (χ3v) is 4.14. The van der Waals surface area contributed by atoms with Gasteiger partial charge in [0.2, 0.25) is 0 Å². The lowest BCUT2D eigenvalue weighted by molar-refractivity contribution is 0.375. The highest BCUT2D eigenvalue weighted by Crippen LogP contribution is 2.29. The summed E-state index contributed by atoms with van der Waals surface area (Å²) in [5, 5.41) is 0. The fourth-order valence-corrected chi connectivity index (χ4v) is 3.02. The van der Waals surface area contributed by atoms with Gasteiger partial charge in [-0.25, -0.2) is 0 Å². The van der Waals surface area contributed by atoms with Crippen molar-refractivity contribution >= 4 is 0 Å². The van der Waals surface area contributed by atoms with Crippen molar-refractivity contribution in [1.82, 2.24) is 0 Å². The zero-order chi connectivity index (χ0) is 13.0. The normalized spacial score (nSPS) is 24.6.